The average Bonchev–Trinajstić information content (AvgIpc) is 2.45. The summed E-state index contributed by atoms with van der Waals surface area (Å²) in [5, 5.41) is 0.749. The van der Waals surface area contributed by atoms with Crippen LogP contribution in [-0.2, 0) is 9.47 Å². The van der Waals surface area contributed by atoms with Gasteiger partial charge in [0.2, 0.25) is 0 Å². The highest BCUT2D eigenvalue weighted by Crippen LogP contribution is 2.26. The van der Waals surface area contributed by atoms with E-state index in [1.165, 1.54) is 0 Å². The lowest BCUT2D eigenvalue weighted by molar-refractivity contribution is 0.0170. The first-order valence-electron chi connectivity index (χ1n) is 7.44. The molecule has 1 aromatic rings. The molecule has 0 aromatic heterocycles. The second kappa shape index (κ2) is 8.59. The zero-order valence-electron chi connectivity index (χ0n) is 12.9. The molecular formula is C16H24ClNO3. The third kappa shape index (κ3) is 5.47. The highest BCUT2D eigenvalue weighted by Gasteiger charge is 2.09. The fourth-order valence-corrected chi connectivity index (χ4v) is 2.78. The number of ether oxygens (including phenoxy) is 3. The van der Waals surface area contributed by atoms with E-state index in [4.69, 9.17) is 25.8 Å². The quantitative estimate of drug-likeness (QED) is 0.724. The first-order chi connectivity index (χ1) is 10.2. The van der Waals surface area contributed by atoms with Crippen molar-refractivity contribution in [2.24, 2.45) is 0 Å². The molecule has 4 nitrogen and oxygen atoms in total. The topological polar surface area (TPSA) is 30.9 Å². The SMILES string of the molecule is Cc1cc(Cl)cc(C)c1OCCOCCN1CCOCC1. The van der Waals surface area contributed by atoms with Crippen molar-refractivity contribution in [3.8, 4) is 5.75 Å². The molecule has 118 valence electrons. The molecule has 0 saturated carbocycles. The van der Waals surface area contributed by atoms with Crippen LogP contribution in [0, 0.1) is 13.8 Å². The van der Waals surface area contributed by atoms with Gasteiger partial charge in [0, 0.05) is 24.7 Å². The van der Waals surface area contributed by atoms with Gasteiger partial charge in [0.05, 0.1) is 26.4 Å². The summed E-state index contributed by atoms with van der Waals surface area (Å²) in [5.74, 6) is 0.913. The van der Waals surface area contributed by atoms with Crippen molar-refractivity contribution >= 4 is 11.6 Å². The van der Waals surface area contributed by atoms with Crippen molar-refractivity contribution in [2.75, 3.05) is 52.7 Å². The van der Waals surface area contributed by atoms with Gasteiger partial charge in [-0.15, -0.1) is 0 Å². The van der Waals surface area contributed by atoms with Crippen LogP contribution in [0.4, 0.5) is 0 Å². The van der Waals surface area contributed by atoms with Crippen molar-refractivity contribution in [2.45, 2.75) is 13.8 Å². The summed E-state index contributed by atoms with van der Waals surface area (Å²) in [6, 6.07) is 3.84. The van der Waals surface area contributed by atoms with E-state index in [0.29, 0.717) is 13.2 Å². The van der Waals surface area contributed by atoms with E-state index < -0.39 is 0 Å². The normalized spacial score (nSPS) is 16.1. The molecule has 0 radical (unpaired) electrons. The molecule has 1 fully saturated rings. The monoisotopic (exact) mass is 313 g/mol. The summed E-state index contributed by atoms with van der Waals surface area (Å²) < 4.78 is 16.7. The number of halogens is 1. The first-order valence-corrected chi connectivity index (χ1v) is 7.82. The Morgan fingerprint density at radius 3 is 2.43 bits per heavy atom. The van der Waals surface area contributed by atoms with Gasteiger partial charge in [-0.3, -0.25) is 4.90 Å². The fourth-order valence-electron chi connectivity index (χ4n) is 2.45. The van der Waals surface area contributed by atoms with Gasteiger partial charge in [-0.1, -0.05) is 11.6 Å². The van der Waals surface area contributed by atoms with E-state index in [9.17, 15) is 0 Å². The average molecular weight is 314 g/mol. The Kier molecular flexibility index (Phi) is 6.77. The molecular weight excluding hydrogens is 290 g/mol. The summed E-state index contributed by atoms with van der Waals surface area (Å²) in [6.07, 6.45) is 0. The molecule has 0 amide bonds. The molecule has 0 N–H and O–H groups in total. The summed E-state index contributed by atoms with van der Waals surface area (Å²) in [4.78, 5) is 2.36. The summed E-state index contributed by atoms with van der Waals surface area (Å²) in [7, 11) is 0. The van der Waals surface area contributed by atoms with Crippen molar-refractivity contribution in [1.29, 1.82) is 0 Å². The molecule has 1 saturated heterocycles. The Hall–Kier alpha value is -0.810. The van der Waals surface area contributed by atoms with Crippen LogP contribution in [0.3, 0.4) is 0 Å². The number of morpholine rings is 1. The maximum atomic E-state index is 6.00. The maximum absolute atomic E-state index is 6.00. The van der Waals surface area contributed by atoms with Gasteiger partial charge < -0.3 is 14.2 Å². The van der Waals surface area contributed by atoms with E-state index in [1.54, 1.807) is 0 Å². The highest BCUT2D eigenvalue weighted by molar-refractivity contribution is 6.30. The molecule has 1 aliphatic rings. The minimum Gasteiger partial charge on any atom is -0.491 e. The van der Waals surface area contributed by atoms with Gasteiger partial charge in [0.1, 0.15) is 12.4 Å². The summed E-state index contributed by atoms with van der Waals surface area (Å²) >= 11 is 6.00. The zero-order chi connectivity index (χ0) is 15.1. The van der Waals surface area contributed by atoms with E-state index >= 15 is 0 Å². The first kappa shape index (κ1) is 16.6. The van der Waals surface area contributed by atoms with Crippen molar-refractivity contribution < 1.29 is 14.2 Å². The number of benzene rings is 1. The van der Waals surface area contributed by atoms with Crippen LogP contribution < -0.4 is 4.74 Å². The molecule has 21 heavy (non-hydrogen) atoms. The third-order valence-corrected chi connectivity index (χ3v) is 3.77. The van der Waals surface area contributed by atoms with Crippen LogP contribution >= 0.6 is 11.6 Å². The number of hydrogen-bond donors (Lipinski definition) is 0. The standard InChI is InChI=1S/C16H24ClNO3/c1-13-11-15(17)12-14(2)16(13)21-10-9-20-8-5-18-3-6-19-7-4-18/h11-12H,3-10H2,1-2H3. The zero-order valence-corrected chi connectivity index (χ0v) is 13.6. The number of aryl methyl sites for hydroxylation is 2. The molecule has 1 aromatic carbocycles. The van der Waals surface area contributed by atoms with Gasteiger partial charge >= 0.3 is 0 Å². The van der Waals surface area contributed by atoms with Gasteiger partial charge in [0.15, 0.2) is 0 Å². The Morgan fingerprint density at radius 2 is 1.76 bits per heavy atom. The Balaban J connectivity index is 1.61. The lowest BCUT2D eigenvalue weighted by Crippen LogP contribution is -2.38. The fraction of sp³-hybridized carbons (Fsp3) is 0.625. The molecule has 0 aliphatic carbocycles. The van der Waals surface area contributed by atoms with Crippen molar-refractivity contribution in [3.63, 3.8) is 0 Å². The molecule has 0 spiro atoms. The lowest BCUT2D eigenvalue weighted by atomic mass is 10.1. The molecule has 2 rings (SSSR count). The van der Waals surface area contributed by atoms with Crippen LogP contribution in [-0.4, -0.2) is 57.6 Å². The molecule has 0 atom stereocenters. The minimum atomic E-state index is 0.562. The van der Waals surface area contributed by atoms with Gasteiger partial charge in [0.25, 0.3) is 0 Å². The van der Waals surface area contributed by atoms with Crippen LogP contribution in [0.5, 0.6) is 5.75 Å². The van der Waals surface area contributed by atoms with E-state index in [-0.39, 0.29) is 0 Å². The summed E-state index contributed by atoms with van der Waals surface area (Å²) in [5.41, 5.74) is 2.13. The Morgan fingerprint density at radius 1 is 1.10 bits per heavy atom. The highest BCUT2D eigenvalue weighted by atomic mass is 35.5. The van der Waals surface area contributed by atoms with Gasteiger partial charge in [-0.25, -0.2) is 0 Å². The Bertz CT molecular complexity index is 424. The predicted molar refractivity (Wildman–Crippen MR) is 84.5 cm³/mol. The third-order valence-electron chi connectivity index (χ3n) is 3.55. The lowest BCUT2D eigenvalue weighted by Gasteiger charge is -2.26. The number of rotatable bonds is 7. The van der Waals surface area contributed by atoms with Gasteiger partial charge in [-0.2, -0.15) is 0 Å². The number of nitrogens with zero attached hydrogens (tertiary/aromatic N) is 1. The van der Waals surface area contributed by atoms with Crippen LogP contribution in [0.25, 0.3) is 0 Å². The van der Waals surface area contributed by atoms with Crippen LogP contribution in [0.1, 0.15) is 11.1 Å². The molecule has 0 bridgehead atoms. The molecule has 5 heteroatoms. The Labute approximate surface area is 131 Å². The van der Waals surface area contributed by atoms with E-state index in [0.717, 1.165) is 61.4 Å². The second-order valence-electron chi connectivity index (χ2n) is 5.28. The molecule has 0 unspecified atom stereocenters. The van der Waals surface area contributed by atoms with Crippen LogP contribution in [0.2, 0.25) is 5.02 Å². The van der Waals surface area contributed by atoms with E-state index in [1.807, 2.05) is 26.0 Å². The van der Waals surface area contributed by atoms with Gasteiger partial charge in [-0.05, 0) is 37.1 Å². The van der Waals surface area contributed by atoms with Crippen molar-refractivity contribution in [1.82, 2.24) is 4.90 Å². The van der Waals surface area contributed by atoms with Crippen LogP contribution in [0.15, 0.2) is 12.1 Å². The molecule has 1 aliphatic heterocycles. The van der Waals surface area contributed by atoms with E-state index in [2.05, 4.69) is 4.90 Å². The maximum Gasteiger partial charge on any atom is 0.125 e. The second-order valence-corrected chi connectivity index (χ2v) is 5.72. The largest absolute Gasteiger partial charge is 0.491 e. The molecule has 1 heterocycles. The van der Waals surface area contributed by atoms with Crippen molar-refractivity contribution in [3.05, 3.63) is 28.3 Å². The smallest absolute Gasteiger partial charge is 0.125 e. The predicted octanol–water partition coefficient (Wildman–Crippen LogP) is 2.68. The summed E-state index contributed by atoms with van der Waals surface area (Å²) in [6.45, 7) is 10.5. The number of hydrogen-bond acceptors (Lipinski definition) is 4. The minimum absolute atomic E-state index is 0.562.